The van der Waals surface area contributed by atoms with Crippen LogP contribution in [0.4, 0.5) is 11.4 Å². The minimum absolute atomic E-state index is 0.0768. The van der Waals surface area contributed by atoms with Crippen LogP contribution in [0.25, 0.3) is 0 Å². The molecule has 0 fully saturated rings. The number of halogens is 1. The molecule has 1 unspecified atom stereocenters. The Morgan fingerprint density at radius 3 is 2.93 bits per heavy atom. The number of nitrogens with one attached hydrogen (secondary N) is 1. The summed E-state index contributed by atoms with van der Waals surface area (Å²) in [6.07, 6.45) is -0.585. The number of amides is 1. The number of oxime groups is 1. The number of nitrogens with zero attached hydrogens (tertiary/aromatic N) is 2. The van der Waals surface area contributed by atoms with Crippen LogP contribution >= 0.6 is 15.9 Å². The maximum Gasteiger partial charge on any atom is 0.296 e. The number of hydrogen-bond acceptors (Lipinski definition) is 6. The summed E-state index contributed by atoms with van der Waals surface area (Å²) in [5, 5.41) is 17.8. The van der Waals surface area contributed by atoms with Gasteiger partial charge in [-0.2, -0.15) is 0 Å². The highest BCUT2D eigenvalue weighted by molar-refractivity contribution is 9.10. The molecule has 9 heteroatoms. The summed E-state index contributed by atoms with van der Waals surface area (Å²) in [5.74, 6) is -0.143. The molecule has 140 valence electrons. The fourth-order valence-electron chi connectivity index (χ4n) is 2.59. The van der Waals surface area contributed by atoms with Crippen molar-refractivity contribution < 1.29 is 19.3 Å². The Morgan fingerprint density at radius 1 is 1.41 bits per heavy atom. The molecule has 0 aliphatic carbocycles. The number of carbonyl (C=O) groups is 1. The van der Waals surface area contributed by atoms with Gasteiger partial charge in [0.15, 0.2) is 0 Å². The fraction of sp³-hybridized carbons (Fsp3) is 0.222. The first-order chi connectivity index (χ1) is 13.0. The average molecular weight is 434 g/mol. The van der Waals surface area contributed by atoms with E-state index in [1.807, 2.05) is 24.3 Å². The summed E-state index contributed by atoms with van der Waals surface area (Å²) >= 11 is 3.39. The first-order valence-corrected chi connectivity index (χ1v) is 8.98. The molecule has 0 saturated carbocycles. The molecule has 0 bridgehead atoms. The van der Waals surface area contributed by atoms with Crippen molar-refractivity contribution >= 4 is 38.9 Å². The van der Waals surface area contributed by atoms with Crippen LogP contribution in [0.5, 0.6) is 5.75 Å². The van der Waals surface area contributed by atoms with Crippen LogP contribution in [0.2, 0.25) is 0 Å². The Kier molecular flexibility index (Phi) is 5.70. The molecule has 2 aromatic carbocycles. The van der Waals surface area contributed by atoms with Gasteiger partial charge in [0.25, 0.3) is 11.6 Å². The van der Waals surface area contributed by atoms with E-state index in [0.717, 1.165) is 10.0 Å². The molecule has 1 atom stereocenters. The predicted octanol–water partition coefficient (Wildman–Crippen LogP) is 3.89. The van der Waals surface area contributed by atoms with Crippen molar-refractivity contribution in [1.82, 2.24) is 0 Å². The quantitative estimate of drug-likeness (QED) is 0.549. The summed E-state index contributed by atoms with van der Waals surface area (Å²) in [7, 11) is 0. The molecular weight excluding hydrogens is 418 g/mol. The zero-order valence-corrected chi connectivity index (χ0v) is 15.9. The number of rotatable bonds is 6. The lowest BCUT2D eigenvalue weighted by Gasteiger charge is -2.11. The van der Waals surface area contributed by atoms with Crippen molar-refractivity contribution in [1.29, 1.82) is 0 Å². The number of anilines is 1. The molecule has 2 aromatic rings. The van der Waals surface area contributed by atoms with E-state index in [4.69, 9.17) is 9.57 Å². The van der Waals surface area contributed by atoms with E-state index < -0.39 is 16.9 Å². The highest BCUT2D eigenvalue weighted by atomic mass is 79.9. The summed E-state index contributed by atoms with van der Waals surface area (Å²) in [6.45, 7) is 2.16. The molecule has 1 heterocycles. The van der Waals surface area contributed by atoms with Crippen LogP contribution in [-0.4, -0.2) is 29.3 Å². The third-order valence-corrected chi connectivity index (χ3v) is 4.35. The zero-order chi connectivity index (χ0) is 19.4. The smallest absolute Gasteiger partial charge is 0.296 e. The lowest BCUT2D eigenvalue weighted by Crippen LogP contribution is -2.28. The molecule has 0 radical (unpaired) electrons. The number of ether oxygens (including phenoxy) is 1. The molecule has 27 heavy (non-hydrogen) atoms. The van der Waals surface area contributed by atoms with Gasteiger partial charge in [0.1, 0.15) is 11.4 Å². The molecule has 8 nitrogen and oxygen atoms in total. The Balaban J connectivity index is 1.71. The molecule has 3 rings (SSSR count). The summed E-state index contributed by atoms with van der Waals surface area (Å²) in [6, 6.07) is 11.8. The second kappa shape index (κ2) is 8.17. The third kappa shape index (κ3) is 4.43. The van der Waals surface area contributed by atoms with Crippen molar-refractivity contribution in [2.24, 2.45) is 5.16 Å². The largest absolute Gasteiger partial charge is 0.494 e. The van der Waals surface area contributed by atoms with Gasteiger partial charge >= 0.3 is 0 Å². The number of hydrogen-bond donors (Lipinski definition) is 1. The van der Waals surface area contributed by atoms with Crippen LogP contribution < -0.4 is 10.1 Å². The van der Waals surface area contributed by atoms with Crippen LogP contribution in [0.15, 0.2) is 52.1 Å². The van der Waals surface area contributed by atoms with E-state index in [-0.39, 0.29) is 17.8 Å². The van der Waals surface area contributed by atoms with Crippen LogP contribution in [-0.2, 0) is 9.63 Å². The van der Waals surface area contributed by atoms with Gasteiger partial charge in [-0.15, -0.1) is 0 Å². The van der Waals surface area contributed by atoms with Gasteiger partial charge in [-0.05, 0) is 31.2 Å². The van der Waals surface area contributed by atoms with Crippen LogP contribution in [0.3, 0.4) is 0 Å². The average Bonchev–Trinajstić information content (AvgIpc) is 3.13. The number of carbonyl (C=O) groups excluding carboxylic acids is 1. The van der Waals surface area contributed by atoms with Gasteiger partial charge in [0, 0.05) is 16.5 Å². The Morgan fingerprint density at radius 2 is 2.22 bits per heavy atom. The number of nitro groups is 1. The predicted molar refractivity (Wildman–Crippen MR) is 103 cm³/mol. The maximum absolute atomic E-state index is 12.5. The minimum atomic E-state index is -0.856. The summed E-state index contributed by atoms with van der Waals surface area (Å²) < 4.78 is 6.15. The van der Waals surface area contributed by atoms with E-state index in [2.05, 4.69) is 26.4 Å². The monoisotopic (exact) mass is 433 g/mol. The van der Waals surface area contributed by atoms with E-state index in [0.29, 0.717) is 18.1 Å². The molecule has 1 N–H and O–H groups in total. The van der Waals surface area contributed by atoms with Gasteiger partial charge in [-0.3, -0.25) is 14.9 Å². The normalized spacial score (nSPS) is 15.6. The third-order valence-electron chi connectivity index (χ3n) is 3.85. The second-order valence-electron chi connectivity index (χ2n) is 5.70. The topological polar surface area (TPSA) is 103 Å². The lowest BCUT2D eigenvalue weighted by atomic mass is 10.0. The molecule has 1 amide bonds. The van der Waals surface area contributed by atoms with Gasteiger partial charge in [-0.25, -0.2) is 0 Å². The van der Waals surface area contributed by atoms with Gasteiger partial charge < -0.3 is 14.9 Å². The Bertz CT molecular complexity index is 916. The zero-order valence-electron chi connectivity index (χ0n) is 14.3. The Labute approximate surface area is 163 Å². The molecule has 1 aliphatic rings. The second-order valence-corrected chi connectivity index (χ2v) is 6.62. The van der Waals surface area contributed by atoms with Gasteiger partial charge in [0.2, 0.25) is 6.10 Å². The van der Waals surface area contributed by atoms with Crippen molar-refractivity contribution in [3.05, 3.63) is 62.6 Å². The van der Waals surface area contributed by atoms with E-state index in [1.54, 1.807) is 13.0 Å². The van der Waals surface area contributed by atoms with Crippen LogP contribution in [0.1, 0.15) is 18.9 Å². The van der Waals surface area contributed by atoms with Crippen LogP contribution in [0, 0.1) is 10.1 Å². The lowest BCUT2D eigenvalue weighted by molar-refractivity contribution is -0.384. The fourth-order valence-corrected chi connectivity index (χ4v) is 2.99. The molecular formula is C18H16BrN3O5. The maximum atomic E-state index is 12.5. The molecule has 0 saturated heterocycles. The SMILES string of the molecule is CCOc1ccc(NC(=O)C2CC(c3cccc(Br)c3)=NO2)c([N+](=O)[O-])c1. The summed E-state index contributed by atoms with van der Waals surface area (Å²) in [4.78, 5) is 28.4. The molecule has 0 spiro atoms. The molecule has 1 aliphatic heterocycles. The number of benzene rings is 2. The van der Waals surface area contributed by atoms with Crippen molar-refractivity contribution in [2.75, 3.05) is 11.9 Å². The van der Waals surface area contributed by atoms with E-state index >= 15 is 0 Å². The Hall–Kier alpha value is -2.94. The molecule has 0 aromatic heterocycles. The van der Waals surface area contributed by atoms with Crippen molar-refractivity contribution in [2.45, 2.75) is 19.4 Å². The van der Waals surface area contributed by atoms with Crippen molar-refractivity contribution in [3.8, 4) is 5.75 Å². The summed E-state index contributed by atoms with van der Waals surface area (Å²) in [5.41, 5.74) is 1.30. The first kappa shape index (κ1) is 18.8. The van der Waals surface area contributed by atoms with Gasteiger partial charge in [-0.1, -0.05) is 33.2 Å². The highest BCUT2D eigenvalue weighted by Gasteiger charge is 2.30. The van der Waals surface area contributed by atoms with E-state index in [1.165, 1.54) is 12.1 Å². The standard InChI is InChI=1S/C18H16BrN3O5/c1-2-26-13-6-7-14(16(9-13)22(24)25)20-18(23)17-10-15(21-27-17)11-4-3-5-12(19)8-11/h3-9,17H,2,10H2,1H3,(H,20,23). The van der Waals surface area contributed by atoms with Gasteiger partial charge in [0.05, 0.1) is 23.3 Å². The van der Waals surface area contributed by atoms with Crippen molar-refractivity contribution in [3.63, 3.8) is 0 Å². The highest BCUT2D eigenvalue weighted by Crippen LogP contribution is 2.30. The first-order valence-electron chi connectivity index (χ1n) is 8.18. The van der Waals surface area contributed by atoms with E-state index in [9.17, 15) is 14.9 Å². The minimum Gasteiger partial charge on any atom is -0.494 e. The number of nitro benzene ring substituents is 1.